The lowest BCUT2D eigenvalue weighted by atomic mass is 10.0. The fraction of sp³-hybridized carbons (Fsp3) is 0.600. The molecule has 19 heteroatoms. The normalized spacial score (nSPS) is 14.1. The maximum Gasteiger partial charge on any atom is 0.243 e. The molecule has 0 spiro atoms. The molecule has 0 heterocycles. The van der Waals surface area contributed by atoms with Crippen LogP contribution in [0.25, 0.3) is 0 Å². The number of carbonyl (C=O) groups is 8. The highest BCUT2D eigenvalue weighted by atomic mass is 16.2. The number of primary amides is 1. The zero-order chi connectivity index (χ0) is 51.0. The molecule has 0 saturated heterocycles. The van der Waals surface area contributed by atoms with E-state index in [0.717, 1.165) is 36.8 Å². The number of hydrogen-bond acceptors (Lipinski definition) is 11. The van der Waals surface area contributed by atoms with E-state index in [1.807, 2.05) is 6.07 Å². The molecule has 384 valence electrons. The minimum absolute atomic E-state index is 0.0653. The SMILES string of the molecule is CCCCCCCC(=O)N[C@@H](CCCCN)C(=O)N[C@@H](Cc1ccccc1)C(=O)N[C@@H](C)C(=O)N[C@@H](CCCCN)C(=O)N[C@@H](CCCCN)C(=O)N[C@@H](Cc1ccccc1)C(=O)N[C@@H](C)C(N)=O. The van der Waals surface area contributed by atoms with E-state index >= 15 is 0 Å². The molecule has 0 aromatic heterocycles. The van der Waals surface area contributed by atoms with Crippen LogP contribution in [0, 0.1) is 0 Å². The second kappa shape index (κ2) is 34.4. The van der Waals surface area contributed by atoms with E-state index in [1.54, 1.807) is 54.6 Å². The van der Waals surface area contributed by atoms with E-state index in [-0.39, 0.29) is 38.0 Å². The third-order valence-corrected chi connectivity index (χ3v) is 11.6. The maximum atomic E-state index is 14.1. The number of hydrogen-bond donors (Lipinski definition) is 11. The summed E-state index contributed by atoms with van der Waals surface area (Å²) < 4.78 is 0. The molecule has 2 aromatic carbocycles. The van der Waals surface area contributed by atoms with Crippen LogP contribution in [0.1, 0.15) is 128 Å². The summed E-state index contributed by atoms with van der Waals surface area (Å²) in [5.74, 6) is -4.96. The van der Waals surface area contributed by atoms with Crippen molar-refractivity contribution in [3.8, 4) is 0 Å². The number of nitrogens with one attached hydrogen (secondary N) is 7. The monoisotopic (exact) mass is 964 g/mol. The largest absolute Gasteiger partial charge is 0.368 e. The van der Waals surface area contributed by atoms with E-state index < -0.39 is 83.6 Å². The van der Waals surface area contributed by atoms with Crippen LogP contribution in [-0.4, -0.2) is 109 Å². The molecule has 69 heavy (non-hydrogen) atoms. The molecule has 2 aromatic rings. The minimum Gasteiger partial charge on any atom is -0.368 e. The lowest BCUT2D eigenvalue weighted by Gasteiger charge is -2.27. The summed E-state index contributed by atoms with van der Waals surface area (Å²) in [6.45, 7) is 6.04. The van der Waals surface area contributed by atoms with Crippen molar-refractivity contribution in [1.82, 2.24) is 37.2 Å². The van der Waals surface area contributed by atoms with Crippen LogP contribution in [0.15, 0.2) is 60.7 Å². The maximum absolute atomic E-state index is 14.1. The molecule has 0 unspecified atom stereocenters. The van der Waals surface area contributed by atoms with E-state index in [1.165, 1.54) is 13.8 Å². The van der Waals surface area contributed by atoms with Crippen molar-refractivity contribution in [2.45, 2.75) is 172 Å². The van der Waals surface area contributed by atoms with Crippen molar-refractivity contribution in [1.29, 1.82) is 0 Å². The Kier molecular flexibility index (Phi) is 29.5. The first-order valence-electron chi connectivity index (χ1n) is 24.7. The molecule has 2 rings (SSSR count). The summed E-state index contributed by atoms with van der Waals surface area (Å²) >= 11 is 0. The third kappa shape index (κ3) is 24.3. The summed E-state index contributed by atoms with van der Waals surface area (Å²) in [5, 5.41) is 19.1. The Bertz CT molecular complexity index is 1870. The molecule has 7 atom stereocenters. The molecule has 15 N–H and O–H groups in total. The average Bonchev–Trinajstić information content (AvgIpc) is 3.33. The molecule has 0 fully saturated rings. The van der Waals surface area contributed by atoms with Gasteiger partial charge in [0, 0.05) is 19.3 Å². The highest BCUT2D eigenvalue weighted by molar-refractivity contribution is 5.97. The number of carbonyl (C=O) groups excluding carboxylic acids is 8. The second-order valence-electron chi connectivity index (χ2n) is 17.6. The van der Waals surface area contributed by atoms with Gasteiger partial charge in [0.25, 0.3) is 0 Å². The van der Waals surface area contributed by atoms with Crippen molar-refractivity contribution in [2.75, 3.05) is 19.6 Å². The fourth-order valence-corrected chi connectivity index (χ4v) is 7.44. The van der Waals surface area contributed by atoms with E-state index in [0.29, 0.717) is 71.0 Å². The van der Waals surface area contributed by atoms with Crippen molar-refractivity contribution >= 4 is 47.3 Å². The molecular formula is C50H81N11O8. The summed E-state index contributed by atoms with van der Waals surface area (Å²) in [5.41, 5.74) is 24.1. The zero-order valence-electron chi connectivity index (χ0n) is 41.0. The Morgan fingerprint density at radius 3 is 1.19 bits per heavy atom. The van der Waals surface area contributed by atoms with Gasteiger partial charge in [-0.1, -0.05) is 93.3 Å². The minimum atomic E-state index is -1.20. The average molecular weight is 964 g/mol. The molecule has 0 aliphatic rings. The number of amides is 8. The standard InChI is InChI=1S/C50H81N11O8/c1-4-5-6-7-14-28-43(62)57-38(25-15-18-29-51)46(65)60-42(33-37-23-12-9-13-24-37)50(69)56-35(3)45(64)58-39(26-16-19-30-52)47(66)59-40(27-17-20-31-53)48(67)61-41(32-36-21-10-8-11-22-36)49(68)55-34(2)44(54)63/h8-13,21-24,34-35,38-42H,4-7,14-20,25-33,51-53H2,1-3H3,(H2,54,63)(H,55,68)(H,56,69)(H,57,62)(H,58,64)(H,59,66)(H,60,65)(H,61,67)/t34-,35-,38-,39-,40-,41-,42-/m0/s1. The van der Waals surface area contributed by atoms with Crippen LogP contribution in [0.3, 0.4) is 0 Å². The van der Waals surface area contributed by atoms with Crippen LogP contribution >= 0.6 is 0 Å². The Morgan fingerprint density at radius 2 is 0.783 bits per heavy atom. The Balaban J connectivity index is 2.31. The van der Waals surface area contributed by atoms with Gasteiger partial charge in [-0.25, -0.2) is 0 Å². The quantitative estimate of drug-likeness (QED) is 0.0430. The first-order chi connectivity index (χ1) is 33.1. The molecule has 8 amide bonds. The van der Waals surface area contributed by atoms with Crippen LogP contribution in [0.2, 0.25) is 0 Å². The van der Waals surface area contributed by atoms with E-state index in [2.05, 4.69) is 44.1 Å². The number of unbranched alkanes of at least 4 members (excludes halogenated alkanes) is 7. The summed E-state index contributed by atoms with van der Waals surface area (Å²) in [6.07, 6.45) is 8.93. The lowest BCUT2D eigenvalue weighted by molar-refractivity contribution is -0.135. The highest BCUT2D eigenvalue weighted by Crippen LogP contribution is 2.12. The van der Waals surface area contributed by atoms with E-state index in [4.69, 9.17) is 22.9 Å². The van der Waals surface area contributed by atoms with Gasteiger partial charge in [0.1, 0.15) is 42.3 Å². The molecule has 0 bridgehead atoms. The van der Waals surface area contributed by atoms with Gasteiger partial charge >= 0.3 is 0 Å². The summed E-state index contributed by atoms with van der Waals surface area (Å²) in [6, 6.07) is 10.2. The van der Waals surface area contributed by atoms with Crippen LogP contribution in [0.4, 0.5) is 0 Å². The molecule has 0 aliphatic carbocycles. The first kappa shape index (κ1) is 59.2. The van der Waals surface area contributed by atoms with Gasteiger partial charge in [-0.05, 0) is 109 Å². The molecule has 0 saturated carbocycles. The predicted octanol–water partition coefficient (Wildman–Crippen LogP) is 1.14. The Hall–Kier alpha value is -5.92. The Morgan fingerprint density at radius 1 is 0.420 bits per heavy atom. The molecule has 0 radical (unpaired) electrons. The van der Waals surface area contributed by atoms with Crippen LogP contribution < -0.4 is 60.2 Å². The zero-order valence-corrected chi connectivity index (χ0v) is 41.0. The van der Waals surface area contributed by atoms with Gasteiger partial charge in [-0.3, -0.25) is 38.4 Å². The molecule has 19 nitrogen and oxygen atoms in total. The second-order valence-corrected chi connectivity index (χ2v) is 17.6. The van der Waals surface area contributed by atoms with Gasteiger partial charge in [-0.15, -0.1) is 0 Å². The van der Waals surface area contributed by atoms with Crippen molar-refractivity contribution in [2.24, 2.45) is 22.9 Å². The first-order valence-corrected chi connectivity index (χ1v) is 24.7. The van der Waals surface area contributed by atoms with Gasteiger partial charge in [0.2, 0.25) is 47.3 Å². The van der Waals surface area contributed by atoms with Gasteiger partial charge in [0.15, 0.2) is 0 Å². The topological polar surface area (TPSA) is 325 Å². The van der Waals surface area contributed by atoms with Gasteiger partial charge in [-0.2, -0.15) is 0 Å². The molecular weight excluding hydrogens is 883 g/mol. The van der Waals surface area contributed by atoms with Crippen LogP contribution in [-0.2, 0) is 51.2 Å². The third-order valence-electron chi connectivity index (χ3n) is 11.6. The van der Waals surface area contributed by atoms with Crippen LogP contribution in [0.5, 0.6) is 0 Å². The molecule has 0 aliphatic heterocycles. The van der Waals surface area contributed by atoms with Crippen molar-refractivity contribution in [3.63, 3.8) is 0 Å². The number of rotatable bonds is 36. The van der Waals surface area contributed by atoms with Crippen molar-refractivity contribution < 1.29 is 38.4 Å². The number of benzene rings is 2. The fourth-order valence-electron chi connectivity index (χ4n) is 7.44. The van der Waals surface area contributed by atoms with E-state index in [9.17, 15) is 38.4 Å². The smallest absolute Gasteiger partial charge is 0.243 e. The predicted molar refractivity (Wildman–Crippen MR) is 266 cm³/mol. The van der Waals surface area contributed by atoms with Crippen molar-refractivity contribution in [3.05, 3.63) is 71.8 Å². The summed E-state index contributed by atoms with van der Waals surface area (Å²) in [7, 11) is 0. The lowest BCUT2D eigenvalue weighted by Crippen LogP contribution is -2.60. The highest BCUT2D eigenvalue weighted by Gasteiger charge is 2.33. The van der Waals surface area contributed by atoms with Gasteiger partial charge < -0.3 is 60.2 Å². The summed E-state index contributed by atoms with van der Waals surface area (Å²) in [4.78, 5) is 108. The van der Waals surface area contributed by atoms with Gasteiger partial charge in [0.05, 0.1) is 0 Å². The number of nitrogens with two attached hydrogens (primary N) is 4. The Labute approximate surface area is 408 Å².